The Morgan fingerprint density at radius 3 is 2.66 bits per heavy atom. The van der Waals surface area contributed by atoms with Gasteiger partial charge in [0.2, 0.25) is 0 Å². The number of fused-ring (bicyclic) bond motifs is 3. The van der Waals surface area contributed by atoms with Gasteiger partial charge in [0.25, 0.3) is 0 Å². The molecule has 0 radical (unpaired) electrons. The smallest absolute Gasteiger partial charge is 0.408 e. The first-order chi connectivity index (χ1) is 15.5. The van der Waals surface area contributed by atoms with Gasteiger partial charge in [-0.2, -0.15) is 0 Å². The molecule has 0 unspecified atom stereocenters. The number of rotatable bonds is 6. The Hall–Kier alpha value is -3.32. The molecule has 3 aromatic rings. The Morgan fingerprint density at radius 1 is 1.16 bits per heavy atom. The van der Waals surface area contributed by atoms with Crippen LogP contribution in [0.15, 0.2) is 51.7 Å². The van der Waals surface area contributed by atoms with E-state index >= 15 is 0 Å². The summed E-state index contributed by atoms with van der Waals surface area (Å²) in [7, 11) is 0. The summed E-state index contributed by atoms with van der Waals surface area (Å²) in [6.45, 7) is 1.81. The van der Waals surface area contributed by atoms with Crippen molar-refractivity contribution < 1.29 is 23.5 Å². The van der Waals surface area contributed by atoms with Crippen molar-refractivity contribution in [3.63, 3.8) is 0 Å². The van der Waals surface area contributed by atoms with Crippen molar-refractivity contribution in [3.8, 4) is 5.75 Å². The van der Waals surface area contributed by atoms with E-state index in [1.165, 1.54) is 6.07 Å². The third kappa shape index (κ3) is 4.62. The van der Waals surface area contributed by atoms with Crippen LogP contribution in [0.4, 0.5) is 4.79 Å². The molecule has 0 bridgehead atoms. The average Bonchev–Trinajstić information content (AvgIpc) is 3.29. The molecule has 1 N–H and O–H groups in total. The van der Waals surface area contributed by atoms with Gasteiger partial charge in [0.1, 0.15) is 18.2 Å². The summed E-state index contributed by atoms with van der Waals surface area (Å²) in [6.07, 6.45) is 1.90. The van der Waals surface area contributed by atoms with Gasteiger partial charge in [-0.05, 0) is 42.9 Å². The summed E-state index contributed by atoms with van der Waals surface area (Å²) < 4.78 is 16.0. The molecule has 1 aromatic heterocycles. The van der Waals surface area contributed by atoms with Crippen molar-refractivity contribution in [2.24, 2.45) is 0 Å². The summed E-state index contributed by atoms with van der Waals surface area (Å²) in [6, 6.07) is 11.4. The molecule has 0 aliphatic heterocycles. The number of hydrogen-bond donors (Lipinski definition) is 1. The molecule has 0 saturated heterocycles. The van der Waals surface area contributed by atoms with Crippen LogP contribution in [-0.2, 0) is 29.0 Å². The Bertz CT molecular complexity index is 1220. The maximum absolute atomic E-state index is 12.7. The van der Waals surface area contributed by atoms with Gasteiger partial charge in [-0.15, -0.1) is 0 Å². The summed E-state index contributed by atoms with van der Waals surface area (Å²) >= 11 is 6.35. The van der Waals surface area contributed by atoms with Crippen molar-refractivity contribution in [2.45, 2.75) is 45.3 Å². The lowest BCUT2D eigenvalue weighted by molar-refractivity contribution is -0.136. The molecule has 0 saturated carbocycles. The van der Waals surface area contributed by atoms with Crippen molar-refractivity contribution in [3.05, 3.63) is 74.6 Å². The molecule has 0 fully saturated rings. The van der Waals surface area contributed by atoms with Crippen LogP contribution in [0, 0.1) is 0 Å². The number of benzene rings is 2. The summed E-state index contributed by atoms with van der Waals surface area (Å²) in [5.74, 6) is -0.642. The van der Waals surface area contributed by atoms with E-state index in [-0.39, 0.29) is 29.4 Å². The summed E-state index contributed by atoms with van der Waals surface area (Å²) in [5.41, 5.74) is 2.38. The normalized spacial score (nSPS) is 13.4. The monoisotopic (exact) mass is 455 g/mol. The molecule has 0 spiro atoms. The highest BCUT2D eigenvalue weighted by atomic mass is 35.5. The number of esters is 1. The first-order valence-electron chi connectivity index (χ1n) is 10.4. The van der Waals surface area contributed by atoms with Crippen LogP contribution in [0.3, 0.4) is 0 Å². The van der Waals surface area contributed by atoms with Crippen molar-refractivity contribution in [1.82, 2.24) is 5.32 Å². The van der Waals surface area contributed by atoms with Gasteiger partial charge in [-0.1, -0.05) is 48.9 Å². The number of nitrogens with one attached hydrogen (secondary N) is 1. The molecule has 1 atom stereocenters. The predicted molar refractivity (Wildman–Crippen MR) is 119 cm³/mol. The third-order valence-electron chi connectivity index (χ3n) is 5.43. The van der Waals surface area contributed by atoms with E-state index in [0.717, 1.165) is 29.4 Å². The zero-order chi connectivity index (χ0) is 22.7. The molecule has 8 heteroatoms. The van der Waals surface area contributed by atoms with Crippen LogP contribution < -0.4 is 15.7 Å². The van der Waals surface area contributed by atoms with Gasteiger partial charge in [0, 0.05) is 17.0 Å². The maximum Gasteiger partial charge on any atom is 0.408 e. The zero-order valence-corrected chi connectivity index (χ0v) is 18.2. The van der Waals surface area contributed by atoms with Crippen LogP contribution in [0.2, 0.25) is 5.02 Å². The molecule has 1 amide bonds. The summed E-state index contributed by atoms with van der Waals surface area (Å²) in [4.78, 5) is 37.0. The van der Waals surface area contributed by atoms with Crippen molar-refractivity contribution in [1.29, 1.82) is 0 Å². The molecule has 32 heavy (non-hydrogen) atoms. The standard InChI is InChI=1S/C24H22ClNO6/c1-2-19(26-24(29)30-13-14-7-4-3-5-8-14)23(28)32-21-12-20-17(11-18(21)25)15-9-6-10-16(15)22(27)31-20/h3-5,7-8,11-12,19H,2,6,9-10,13H2,1H3,(H,26,29)/t19-/m0/s1. The second-order valence-electron chi connectivity index (χ2n) is 7.57. The van der Waals surface area contributed by atoms with E-state index in [4.69, 9.17) is 25.5 Å². The van der Waals surface area contributed by atoms with Gasteiger partial charge in [-0.3, -0.25) is 0 Å². The topological polar surface area (TPSA) is 94.8 Å². The fourth-order valence-electron chi connectivity index (χ4n) is 3.78. The second kappa shape index (κ2) is 9.44. The second-order valence-corrected chi connectivity index (χ2v) is 7.97. The van der Waals surface area contributed by atoms with E-state index in [0.29, 0.717) is 17.6 Å². The van der Waals surface area contributed by atoms with Gasteiger partial charge in [-0.25, -0.2) is 14.4 Å². The molecule has 1 aliphatic carbocycles. The van der Waals surface area contributed by atoms with E-state index in [1.807, 2.05) is 30.3 Å². The molecular formula is C24H22ClNO6. The fraction of sp³-hybridized carbons (Fsp3) is 0.292. The highest BCUT2D eigenvalue weighted by molar-refractivity contribution is 6.33. The lowest BCUT2D eigenvalue weighted by Crippen LogP contribution is -2.42. The molecule has 1 aliphatic rings. The Kier molecular flexibility index (Phi) is 6.46. The van der Waals surface area contributed by atoms with Crippen molar-refractivity contribution in [2.75, 3.05) is 0 Å². The minimum absolute atomic E-state index is 0.0585. The van der Waals surface area contributed by atoms with Crippen LogP contribution in [-0.4, -0.2) is 18.1 Å². The number of halogens is 1. The molecule has 4 rings (SSSR count). The number of carbonyl (C=O) groups is 2. The Morgan fingerprint density at radius 2 is 1.91 bits per heavy atom. The number of ether oxygens (including phenoxy) is 2. The van der Waals surface area contributed by atoms with Gasteiger partial charge < -0.3 is 19.2 Å². The highest BCUT2D eigenvalue weighted by Crippen LogP contribution is 2.34. The third-order valence-corrected chi connectivity index (χ3v) is 5.73. The first kappa shape index (κ1) is 21.9. The number of hydrogen-bond acceptors (Lipinski definition) is 6. The van der Waals surface area contributed by atoms with Gasteiger partial charge >= 0.3 is 17.7 Å². The SMILES string of the molecule is CC[C@H](NC(=O)OCc1ccccc1)C(=O)Oc1cc2oc(=O)c3c(c2cc1Cl)CCC3. The van der Waals surface area contributed by atoms with E-state index in [2.05, 4.69) is 5.32 Å². The maximum atomic E-state index is 12.7. The first-order valence-corrected chi connectivity index (χ1v) is 10.8. The van der Waals surface area contributed by atoms with E-state index < -0.39 is 18.1 Å². The highest BCUT2D eigenvalue weighted by Gasteiger charge is 2.25. The lowest BCUT2D eigenvalue weighted by Gasteiger charge is -2.16. The predicted octanol–water partition coefficient (Wildman–Crippen LogP) is 4.55. The number of aryl methyl sites for hydroxylation is 1. The molecule has 7 nitrogen and oxygen atoms in total. The Labute approximate surface area is 189 Å². The zero-order valence-electron chi connectivity index (χ0n) is 17.5. The lowest BCUT2D eigenvalue weighted by atomic mass is 10.1. The van der Waals surface area contributed by atoms with Crippen LogP contribution >= 0.6 is 11.6 Å². The van der Waals surface area contributed by atoms with E-state index in [9.17, 15) is 14.4 Å². The molecule has 166 valence electrons. The van der Waals surface area contributed by atoms with Gasteiger partial charge in [0.05, 0.1) is 5.02 Å². The molecular weight excluding hydrogens is 434 g/mol. The van der Waals surface area contributed by atoms with Crippen LogP contribution in [0.25, 0.3) is 11.0 Å². The van der Waals surface area contributed by atoms with Gasteiger partial charge in [0.15, 0.2) is 5.75 Å². The van der Waals surface area contributed by atoms with Crippen molar-refractivity contribution >= 4 is 34.6 Å². The molecule has 1 heterocycles. The Balaban J connectivity index is 1.45. The fourth-order valence-corrected chi connectivity index (χ4v) is 3.98. The number of carbonyl (C=O) groups excluding carboxylic acids is 2. The minimum atomic E-state index is -0.933. The average molecular weight is 456 g/mol. The molecule has 2 aromatic carbocycles. The van der Waals surface area contributed by atoms with Crippen LogP contribution in [0.1, 0.15) is 36.5 Å². The largest absolute Gasteiger partial charge is 0.445 e. The number of alkyl carbamates (subject to hydrolysis) is 1. The van der Waals surface area contributed by atoms with E-state index in [1.54, 1.807) is 13.0 Å². The number of amides is 1. The summed E-state index contributed by atoms with van der Waals surface area (Å²) in [5, 5.41) is 3.47. The minimum Gasteiger partial charge on any atom is -0.445 e. The quantitative estimate of drug-likeness (QED) is 0.333. The van der Waals surface area contributed by atoms with Crippen LogP contribution in [0.5, 0.6) is 5.75 Å².